The van der Waals surface area contributed by atoms with Crippen LogP contribution in [0.1, 0.15) is 12.5 Å². The van der Waals surface area contributed by atoms with Crippen LogP contribution in [0.4, 0.5) is 11.4 Å². The molecule has 3 rings (SSSR count). The third-order valence-corrected chi connectivity index (χ3v) is 8.26. The standard InChI is InChI=1S/C20H22N4O11S3.2Na/c1-12-10-16(17(34-3)11-18(12)36(26,27)9-8-35-38(31,32)33)21-22-19-13(2)23-24(20(19)25)14-4-6-15(7-5-14)37(28,29)30;;/h4-7,10-11,19H,8-9H2,1-3H3,(H,28,29,30)(H,31,32,33);;/q;2*+1/p-2. The number of aryl methyl sites for hydroxylation is 1. The van der Waals surface area contributed by atoms with Crippen LogP contribution in [0.5, 0.6) is 5.75 Å². The average Bonchev–Trinajstić information content (AvgIpc) is 3.09. The van der Waals surface area contributed by atoms with Crippen molar-refractivity contribution in [2.75, 3.05) is 24.5 Å². The second-order valence-electron chi connectivity index (χ2n) is 7.80. The van der Waals surface area contributed by atoms with E-state index in [1.807, 2.05) is 0 Å². The maximum absolute atomic E-state index is 12.9. The molecule has 1 aliphatic heterocycles. The maximum atomic E-state index is 12.9. The molecule has 0 saturated heterocycles. The van der Waals surface area contributed by atoms with E-state index in [4.69, 9.17) is 4.74 Å². The molecular formula is C20H20N4Na2O11S3. The number of carbonyl (C=O) groups is 1. The van der Waals surface area contributed by atoms with E-state index in [2.05, 4.69) is 19.5 Å². The molecular weight excluding hydrogens is 614 g/mol. The summed E-state index contributed by atoms with van der Waals surface area (Å²) in [5, 5.41) is 13.1. The molecule has 2 aromatic carbocycles. The SMILES string of the molecule is COc1cc(S(=O)(=O)CCOS(=O)(=O)[O-])c(C)cc1N=NC1C(=O)N(c2ccc(S(=O)(=O)[O-])cc2)N=C1C.[Na+].[Na+]. The van der Waals surface area contributed by atoms with E-state index in [-0.39, 0.29) is 92.4 Å². The second-order valence-corrected chi connectivity index (χ2v) is 12.3. The van der Waals surface area contributed by atoms with Crippen molar-refractivity contribution in [3.05, 3.63) is 42.0 Å². The maximum Gasteiger partial charge on any atom is 1.00 e. The summed E-state index contributed by atoms with van der Waals surface area (Å²) in [6.45, 7) is 2.09. The van der Waals surface area contributed by atoms with Gasteiger partial charge in [-0.05, 0) is 49.7 Å². The predicted molar refractivity (Wildman–Crippen MR) is 129 cm³/mol. The van der Waals surface area contributed by atoms with Gasteiger partial charge in [0.2, 0.25) is 10.4 Å². The largest absolute Gasteiger partial charge is 1.00 e. The number of hydrogen-bond acceptors (Lipinski definition) is 14. The number of ether oxygens (including phenoxy) is 1. The molecule has 15 nitrogen and oxygen atoms in total. The summed E-state index contributed by atoms with van der Waals surface area (Å²) >= 11 is 0. The fourth-order valence-corrected chi connectivity index (χ4v) is 5.56. The van der Waals surface area contributed by atoms with Crippen molar-refractivity contribution in [1.82, 2.24) is 0 Å². The molecule has 1 unspecified atom stereocenters. The Hall–Kier alpha value is -1.29. The van der Waals surface area contributed by atoms with E-state index >= 15 is 0 Å². The van der Waals surface area contributed by atoms with Crippen molar-refractivity contribution in [2.45, 2.75) is 29.7 Å². The Kier molecular flexibility index (Phi) is 13.1. The van der Waals surface area contributed by atoms with Crippen LogP contribution in [0.15, 0.2) is 61.5 Å². The Balaban J connectivity index is 0.00000400. The van der Waals surface area contributed by atoms with Crippen LogP contribution >= 0.6 is 0 Å². The van der Waals surface area contributed by atoms with Crippen LogP contribution in [0.25, 0.3) is 0 Å². The zero-order chi connectivity index (χ0) is 28.5. The van der Waals surface area contributed by atoms with E-state index in [0.717, 1.165) is 23.2 Å². The number of benzene rings is 2. The number of carbonyl (C=O) groups excluding carboxylic acids is 1. The van der Waals surface area contributed by atoms with E-state index < -0.39 is 59.6 Å². The number of nitrogens with zero attached hydrogens (tertiary/aromatic N) is 4. The number of sulfone groups is 1. The number of azo groups is 1. The molecule has 40 heavy (non-hydrogen) atoms. The van der Waals surface area contributed by atoms with Gasteiger partial charge in [-0.1, -0.05) is 0 Å². The normalized spacial score (nSPS) is 15.9. The summed E-state index contributed by atoms with van der Waals surface area (Å²) < 4.78 is 99.4. The number of hydrazone groups is 1. The van der Waals surface area contributed by atoms with Crippen LogP contribution in [0.3, 0.4) is 0 Å². The van der Waals surface area contributed by atoms with Gasteiger partial charge < -0.3 is 13.8 Å². The number of amides is 1. The first-order valence-electron chi connectivity index (χ1n) is 10.4. The van der Waals surface area contributed by atoms with Gasteiger partial charge >= 0.3 is 59.1 Å². The van der Waals surface area contributed by atoms with Crippen molar-refractivity contribution < 1.29 is 107 Å². The molecule has 206 valence electrons. The van der Waals surface area contributed by atoms with Crippen molar-refractivity contribution in [2.24, 2.45) is 15.3 Å². The summed E-state index contributed by atoms with van der Waals surface area (Å²) in [6, 6.07) is 5.87. The smallest absolute Gasteiger partial charge is 0.744 e. The Morgan fingerprint density at radius 3 is 2.12 bits per heavy atom. The molecule has 0 saturated carbocycles. The summed E-state index contributed by atoms with van der Waals surface area (Å²) in [4.78, 5) is 12.2. The number of rotatable bonds is 10. The molecule has 0 spiro atoms. The quantitative estimate of drug-likeness (QED) is 0.104. The summed E-state index contributed by atoms with van der Waals surface area (Å²) in [7, 11) is -12.6. The molecule has 0 radical (unpaired) electrons. The molecule has 1 amide bonds. The fraction of sp³-hybridized carbons (Fsp3) is 0.300. The van der Waals surface area contributed by atoms with Crippen LogP contribution in [0.2, 0.25) is 0 Å². The Bertz CT molecular complexity index is 1640. The number of anilines is 1. The second kappa shape index (κ2) is 14.3. The van der Waals surface area contributed by atoms with E-state index in [0.29, 0.717) is 0 Å². The van der Waals surface area contributed by atoms with Crippen molar-refractivity contribution >= 4 is 53.3 Å². The molecule has 1 aliphatic rings. The first kappa shape index (κ1) is 36.7. The summed E-state index contributed by atoms with van der Waals surface area (Å²) in [5.41, 5.74) is 0.716. The molecule has 2 aromatic rings. The third-order valence-electron chi connectivity index (χ3n) is 5.14. The first-order chi connectivity index (χ1) is 17.5. The topological polar surface area (TPSA) is 224 Å². The van der Waals surface area contributed by atoms with Crippen LogP contribution in [-0.2, 0) is 39.3 Å². The number of methoxy groups -OCH3 is 1. The molecule has 1 heterocycles. The minimum absolute atomic E-state index is 0. The summed E-state index contributed by atoms with van der Waals surface area (Å²) in [6.07, 6.45) is 0. The Morgan fingerprint density at radius 2 is 1.60 bits per heavy atom. The van der Waals surface area contributed by atoms with E-state index in [1.54, 1.807) is 0 Å². The van der Waals surface area contributed by atoms with Gasteiger partial charge in [0.25, 0.3) is 5.91 Å². The number of hydrogen-bond donors (Lipinski definition) is 0. The fourth-order valence-electron chi connectivity index (χ4n) is 3.33. The Labute approximate surface area is 275 Å². The molecule has 0 aromatic heterocycles. The zero-order valence-corrected chi connectivity index (χ0v) is 28.4. The van der Waals surface area contributed by atoms with Crippen LogP contribution in [-0.4, -0.2) is 71.5 Å². The molecule has 0 N–H and O–H groups in total. The molecule has 20 heteroatoms. The van der Waals surface area contributed by atoms with Crippen molar-refractivity contribution in [3.63, 3.8) is 0 Å². The van der Waals surface area contributed by atoms with Crippen molar-refractivity contribution in [1.29, 1.82) is 0 Å². The molecule has 0 bridgehead atoms. The van der Waals surface area contributed by atoms with Gasteiger partial charge in [-0.25, -0.2) is 25.3 Å². The van der Waals surface area contributed by atoms with Crippen LogP contribution < -0.4 is 68.9 Å². The molecule has 0 fully saturated rings. The van der Waals surface area contributed by atoms with E-state index in [9.17, 15) is 39.2 Å². The zero-order valence-electron chi connectivity index (χ0n) is 22.0. The van der Waals surface area contributed by atoms with Gasteiger partial charge in [0.05, 0.1) is 40.7 Å². The van der Waals surface area contributed by atoms with Gasteiger partial charge in [-0.2, -0.15) is 20.3 Å². The van der Waals surface area contributed by atoms with Gasteiger partial charge in [0, 0.05) is 6.07 Å². The molecule has 1 atom stereocenters. The summed E-state index contributed by atoms with van der Waals surface area (Å²) in [5.74, 6) is -1.43. The van der Waals surface area contributed by atoms with Gasteiger partial charge in [-0.15, -0.1) is 0 Å². The van der Waals surface area contributed by atoms with Crippen molar-refractivity contribution in [3.8, 4) is 5.75 Å². The van der Waals surface area contributed by atoms with Gasteiger partial charge in [0.1, 0.15) is 21.6 Å². The molecule has 0 aliphatic carbocycles. The first-order valence-corrected chi connectivity index (χ1v) is 14.8. The minimum atomic E-state index is -5.06. The average molecular weight is 635 g/mol. The monoisotopic (exact) mass is 634 g/mol. The van der Waals surface area contributed by atoms with Crippen LogP contribution in [0, 0.1) is 6.92 Å². The minimum Gasteiger partial charge on any atom is -0.744 e. The Morgan fingerprint density at radius 1 is 1.00 bits per heavy atom. The third kappa shape index (κ3) is 9.10. The van der Waals surface area contributed by atoms with Gasteiger partial charge in [-0.3, -0.25) is 8.98 Å². The predicted octanol–water partition coefficient (Wildman–Crippen LogP) is -4.96. The van der Waals surface area contributed by atoms with Gasteiger partial charge in [0.15, 0.2) is 15.9 Å². The van der Waals surface area contributed by atoms with E-state index in [1.165, 1.54) is 39.2 Å².